The van der Waals surface area contributed by atoms with Gasteiger partial charge in [-0.3, -0.25) is 4.79 Å². The summed E-state index contributed by atoms with van der Waals surface area (Å²) in [6, 6.07) is 6.47. The zero-order chi connectivity index (χ0) is 13.8. The molecule has 20 heavy (non-hydrogen) atoms. The van der Waals surface area contributed by atoms with Crippen LogP contribution < -0.4 is 10.6 Å². The van der Waals surface area contributed by atoms with Crippen LogP contribution in [0.1, 0.15) is 11.6 Å². The van der Waals surface area contributed by atoms with Crippen molar-refractivity contribution in [3.05, 3.63) is 35.6 Å². The number of rotatable bonds is 5. The molecule has 0 aromatic heterocycles. The minimum atomic E-state index is -0.245. The van der Waals surface area contributed by atoms with E-state index < -0.39 is 0 Å². The van der Waals surface area contributed by atoms with Crippen LogP contribution in [0.25, 0.3) is 0 Å². The summed E-state index contributed by atoms with van der Waals surface area (Å²) in [4.78, 5) is 13.8. The molecule has 1 aromatic rings. The summed E-state index contributed by atoms with van der Waals surface area (Å²) >= 11 is 0. The molecular weight excluding hydrogens is 281 g/mol. The first-order valence-electron chi connectivity index (χ1n) is 6.48. The second-order valence-corrected chi connectivity index (χ2v) is 5.13. The largest absolute Gasteiger partial charge is 0.354 e. The second-order valence-electron chi connectivity index (χ2n) is 5.13. The fourth-order valence-corrected chi connectivity index (χ4v) is 2.10. The lowest BCUT2D eigenvalue weighted by atomic mass is 10.0. The molecule has 2 N–H and O–H groups in total. The molecule has 0 aliphatic carbocycles. The van der Waals surface area contributed by atoms with Gasteiger partial charge in [-0.05, 0) is 31.8 Å². The molecule has 1 aromatic carbocycles. The predicted molar refractivity (Wildman–Crippen MR) is 79.4 cm³/mol. The van der Waals surface area contributed by atoms with Gasteiger partial charge in [0.05, 0.1) is 12.0 Å². The lowest BCUT2D eigenvalue weighted by Crippen LogP contribution is -2.51. The molecule has 6 heteroatoms. The molecule has 0 spiro atoms. The number of halogens is 2. The van der Waals surface area contributed by atoms with Crippen LogP contribution in [-0.4, -0.2) is 44.5 Å². The monoisotopic (exact) mass is 301 g/mol. The molecular formula is C14H21ClFN3O. The Morgan fingerprint density at radius 1 is 1.40 bits per heavy atom. The van der Waals surface area contributed by atoms with Crippen molar-refractivity contribution in [2.75, 3.05) is 33.7 Å². The number of benzene rings is 1. The summed E-state index contributed by atoms with van der Waals surface area (Å²) in [5.74, 6) is -0.0606. The third-order valence-corrected chi connectivity index (χ3v) is 3.50. The molecule has 4 nitrogen and oxygen atoms in total. The molecule has 1 heterocycles. The van der Waals surface area contributed by atoms with Crippen molar-refractivity contribution < 1.29 is 9.18 Å². The highest BCUT2D eigenvalue weighted by Crippen LogP contribution is 2.18. The maximum absolute atomic E-state index is 12.9. The normalized spacial score (nSPS) is 16.2. The Morgan fingerprint density at radius 2 is 2.00 bits per heavy atom. The Bertz CT molecular complexity index is 435. The van der Waals surface area contributed by atoms with E-state index >= 15 is 0 Å². The quantitative estimate of drug-likeness (QED) is 0.858. The van der Waals surface area contributed by atoms with Gasteiger partial charge in [-0.2, -0.15) is 0 Å². The predicted octanol–water partition coefficient (Wildman–Crippen LogP) is 1.19. The minimum Gasteiger partial charge on any atom is -0.354 e. The van der Waals surface area contributed by atoms with Crippen molar-refractivity contribution in [3.63, 3.8) is 0 Å². The number of carbonyl (C=O) groups is 1. The van der Waals surface area contributed by atoms with Gasteiger partial charge in [-0.25, -0.2) is 4.39 Å². The van der Waals surface area contributed by atoms with Crippen LogP contribution in [0.5, 0.6) is 0 Å². The van der Waals surface area contributed by atoms with Crippen LogP contribution in [0.3, 0.4) is 0 Å². The highest BCUT2D eigenvalue weighted by Gasteiger charge is 2.25. The van der Waals surface area contributed by atoms with E-state index in [4.69, 9.17) is 0 Å². The maximum Gasteiger partial charge on any atom is 0.225 e. The molecule has 0 radical (unpaired) electrons. The Kier molecular flexibility index (Phi) is 6.39. The molecule has 0 bridgehead atoms. The number of likely N-dealkylation sites (N-methyl/N-ethyl adjacent to an activating group) is 1. The summed E-state index contributed by atoms with van der Waals surface area (Å²) in [5, 5.41) is 6.04. The van der Waals surface area contributed by atoms with E-state index in [2.05, 4.69) is 10.6 Å². The SMILES string of the molecule is CN(C)C(CNC(=O)C1CNC1)c1ccc(F)cc1.Cl. The van der Waals surface area contributed by atoms with Crippen LogP contribution in [0, 0.1) is 11.7 Å². The van der Waals surface area contributed by atoms with Gasteiger partial charge in [-0.15, -0.1) is 12.4 Å². The summed E-state index contributed by atoms with van der Waals surface area (Å²) in [6.07, 6.45) is 0. The number of nitrogens with zero attached hydrogens (tertiary/aromatic N) is 1. The number of hydrogen-bond donors (Lipinski definition) is 2. The van der Waals surface area contributed by atoms with Crippen LogP contribution in [0.4, 0.5) is 4.39 Å². The number of hydrogen-bond acceptors (Lipinski definition) is 3. The number of carbonyl (C=O) groups excluding carboxylic acids is 1. The third-order valence-electron chi connectivity index (χ3n) is 3.50. The topological polar surface area (TPSA) is 44.4 Å². The van der Waals surface area contributed by atoms with Crippen molar-refractivity contribution in [2.45, 2.75) is 6.04 Å². The van der Waals surface area contributed by atoms with Gasteiger partial charge in [0.25, 0.3) is 0 Å². The van der Waals surface area contributed by atoms with Gasteiger partial charge in [0.15, 0.2) is 0 Å². The van der Waals surface area contributed by atoms with E-state index in [1.54, 1.807) is 12.1 Å². The third kappa shape index (κ3) is 4.16. The van der Waals surface area contributed by atoms with Crippen LogP contribution in [0.2, 0.25) is 0 Å². The zero-order valence-corrected chi connectivity index (χ0v) is 12.5. The first-order valence-corrected chi connectivity index (χ1v) is 6.48. The number of nitrogens with one attached hydrogen (secondary N) is 2. The highest BCUT2D eigenvalue weighted by molar-refractivity contribution is 5.85. The molecule has 1 fully saturated rings. The van der Waals surface area contributed by atoms with Gasteiger partial charge in [0.1, 0.15) is 5.82 Å². The molecule has 112 valence electrons. The van der Waals surface area contributed by atoms with Crippen LogP contribution in [0.15, 0.2) is 24.3 Å². The van der Waals surface area contributed by atoms with E-state index in [0.29, 0.717) is 6.54 Å². The van der Waals surface area contributed by atoms with Crippen LogP contribution >= 0.6 is 12.4 Å². The highest BCUT2D eigenvalue weighted by atomic mass is 35.5. The number of amides is 1. The Labute approximate surface area is 125 Å². The summed E-state index contributed by atoms with van der Waals surface area (Å²) in [7, 11) is 3.90. The van der Waals surface area contributed by atoms with Gasteiger partial charge in [0.2, 0.25) is 5.91 Å². The van der Waals surface area contributed by atoms with E-state index in [-0.39, 0.29) is 36.1 Å². The summed E-state index contributed by atoms with van der Waals surface area (Å²) in [6.45, 7) is 2.05. The fraction of sp³-hybridized carbons (Fsp3) is 0.500. The first kappa shape index (κ1) is 16.9. The molecule has 1 atom stereocenters. The van der Waals surface area contributed by atoms with E-state index in [9.17, 15) is 9.18 Å². The fourth-order valence-electron chi connectivity index (χ4n) is 2.10. The average Bonchev–Trinajstić information content (AvgIpc) is 2.29. The summed E-state index contributed by atoms with van der Waals surface area (Å²) in [5.41, 5.74) is 0.999. The van der Waals surface area contributed by atoms with Gasteiger partial charge >= 0.3 is 0 Å². The van der Waals surface area contributed by atoms with E-state index in [0.717, 1.165) is 18.7 Å². The van der Waals surface area contributed by atoms with Crippen molar-refractivity contribution in [2.24, 2.45) is 5.92 Å². The smallest absolute Gasteiger partial charge is 0.225 e. The molecule has 1 aliphatic heterocycles. The van der Waals surface area contributed by atoms with Gasteiger partial charge < -0.3 is 15.5 Å². The van der Waals surface area contributed by atoms with Gasteiger partial charge in [0, 0.05) is 19.6 Å². The van der Waals surface area contributed by atoms with Crippen molar-refractivity contribution >= 4 is 18.3 Å². The molecule has 1 saturated heterocycles. The maximum atomic E-state index is 12.9. The first-order chi connectivity index (χ1) is 9.08. The second kappa shape index (κ2) is 7.57. The Balaban J connectivity index is 0.00000200. The molecule has 1 unspecified atom stereocenters. The van der Waals surface area contributed by atoms with Crippen molar-refractivity contribution in [1.82, 2.24) is 15.5 Å². The lowest BCUT2D eigenvalue weighted by molar-refractivity contribution is -0.126. The van der Waals surface area contributed by atoms with Crippen LogP contribution in [-0.2, 0) is 4.79 Å². The zero-order valence-electron chi connectivity index (χ0n) is 11.7. The molecule has 0 saturated carbocycles. The molecule has 1 aliphatic rings. The lowest BCUT2D eigenvalue weighted by Gasteiger charge is -2.29. The van der Waals surface area contributed by atoms with E-state index in [1.165, 1.54) is 12.1 Å². The van der Waals surface area contributed by atoms with Gasteiger partial charge in [-0.1, -0.05) is 12.1 Å². The Hall–Kier alpha value is -1.17. The van der Waals surface area contributed by atoms with E-state index in [1.807, 2.05) is 19.0 Å². The summed E-state index contributed by atoms with van der Waals surface area (Å²) < 4.78 is 12.9. The standard InChI is InChI=1S/C14H20FN3O.ClH/c1-18(2)13(10-3-5-12(15)6-4-10)9-17-14(19)11-7-16-8-11;/h3-6,11,13,16H,7-9H2,1-2H3,(H,17,19);1H. The van der Waals surface area contributed by atoms with Crippen molar-refractivity contribution in [3.8, 4) is 0 Å². The van der Waals surface area contributed by atoms with Crippen molar-refractivity contribution in [1.29, 1.82) is 0 Å². The Morgan fingerprint density at radius 3 is 2.45 bits per heavy atom. The average molecular weight is 302 g/mol. The molecule has 1 amide bonds. The molecule has 2 rings (SSSR count). The minimum absolute atomic E-state index is 0.